The van der Waals surface area contributed by atoms with E-state index in [2.05, 4.69) is 29.2 Å². The first-order chi connectivity index (χ1) is 9.43. The number of rotatable bonds is 6. The Balaban J connectivity index is 2.51. The average Bonchev–Trinajstić information content (AvgIpc) is 2.43. The van der Waals surface area contributed by atoms with Crippen LogP contribution in [-0.4, -0.2) is 31.9 Å². The van der Waals surface area contributed by atoms with Gasteiger partial charge in [-0.2, -0.15) is 0 Å². The fraction of sp³-hybridized carbons (Fsp3) is 0.286. The zero-order valence-electron chi connectivity index (χ0n) is 11.2. The van der Waals surface area contributed by atoms with Crippen LogP contribution in [0, 0.1) is 3.57 Å². The Labute approximate surface area is 131 Å². The number of ether oxygens (including phenoxy) is 3. The Hall–Kier alpha value is -1.41. The lowest BCUT2D eigenvalue weighted by Gasteiger charge is -2.16. The molecular weight excluding hydrogens is 375 g/mol. The fourth-order valence-corrected chi connectivity index (χ4v) is 1.54. The van der Waals surface area contributed by atoms with E-state index in [4.69, 9.17) is 14.2 Å². The van der Waals surface area contributed by atoms with Crippen molar-refractivity contribution in [3.63, 3.8) is 0 Å². The highest BCUT2D eigenvalue weighted by atomic mass is 127. The molecule has 1 atom stereocenters. The molecule has 0 amide bonds. The van der Waals surface area contributed by atoms with Gasteiger partial charge < -0.3 is 14.2 Å². The molecule has 0 radical (unpaired) electrons. The molecule has 0 spiro atoms. The third-order valence-electron chi connectivity index (χ3n) is 2.28. The van der Waals surface area contributed by atoms with Crippen LogP contribution in [-0.2, 0) is 19.0 Å². The van der Waals surface area contributed by atoms with Crippen molar-refractivity contribution in [2.24, 2.45) is 0 Å². The second-order valence-electron chi connectivity index (χ2n) is 3.96. The second kappa shape index (κ2) is 8.01. The lowest BCUT2D eigenvalue weighted by Crippen LogP contribution is -2.27. The van der Waals surface area contributed by atoms with E-state index in [1.54, 1.807) is 24.3 Å². The van der Waals surface area contributed by atoms with Crippen molar-refractivity contribution in [3.05, 3.63) is 45.6 Å². The summed E-state index contributed by atoms with van der Waals surface area (Å²) in [5.41, 5.74) is 0.669. The van der Waals surface area contributed by atoms with Gasteiger partial charge in [0.2, 0.25) is 6.29 Å². The minimum Gasteiger partial charge on any atom is -0.455 e. The number of hydrogen-bond acceptors (Lipinski definition) is 5. The molecule has 0 heterocycles. The van der Waals surface area contributed by atoms with Gasteiger partial charge in [0.05, 0.1) is 5.56 Å². The van der Waals surface area contributed by atoms with E-state index in [1.807, 2.05) is 0 Å². The molecular formula is C14H15IO5. The Kier molecular flexibility index (Phi) is 6.66. The smallest absolute Gasteiger partial charge is 0.338 e. The van der Waals surface area contributed by atoms with Gasteiger partial charge in [-0.1, -0.05) is 6.58 Å². The highest BCUT2D eigenvalue weighted by Crippen LogP contribution is 2.09. The molecule has 1 unspecified atom stereocenters. The summed E-state index contributed by atoms with van der Waals surface area (Å²) >= 11 is 2.14. The number of halogens is 1. The van der Waals surface area contributed by atoms with Crippen LogP contribution in [0.4, 0.5) is 0 Å². The summed E-state index contributed by atoms with van der Waals surface area (Å²) in [4.78, 5) is 23.1. The van der Waals surface area contributed by atoms with Gasteiger partial charge in [0.1, 0.15) is 0 Å². The van der Waals surface area contributed by atoms with E-state index in [-0.39, 0.29) is 12.2 Å². The van der Waals surface area contributed by atoms with Crippen molar-refractivity contribution in [1.29, 1.82) is 0 Å². The molecule has 20 heavy (non-hydrogen) atoms. The van der Waals surface area contributed by atoms with E-state index >= 15 is 0 Å². The minimum atomic E-state index is -0.952. The summed E-state index contributed by atoms with van der Waals surface area (Å²) in [5.74, 6) is -1.10. The Bertz CT molecular complexity index is 495. The summed E-state index contributed by atoms with van der Waals surface area (Å²) in [7, 11) is 1.36. The number of carbonyl (C=O) groups is 2. The first kappa shape index (κ1) is 16.6. The van der Waals surface area contributed by atoms with E-state index in [9.17, 15) is 9.59 Å². The Morgan fingerprint density at radius 1 is 1.30 bits per heavy atom. The van der Waals surface area contributed by atoms with Gasteiger partial charge in [-0.3, -0.25) is 0 Å². The first-order valence-corrected chi connectivity index (χ1v) is 6.84. The van der Waals surface area contributed by atoms with Gasteiger partial charge in [0, 0.05) is 16.3 Å². The molecule has 0 aromatic heterocycles. The van der Waals surface area contributed by atoms with Gasteiger partial charge in [-0.25, -0.2) is 9.59 Å². The predicted molar refractivity (Wildman–Crippen MR) is 81.1 cm³/mol. The molecule has 5 nitrogen and oxygen atoms in total. The molecule has 0 saturated heterocycles. The SMILES string of the molecule is C=C(C)C(=O)OC(COC(=O)c1ccc(I)cc1)OC. The van der Waals surface area contributed by atoms with Crippen LogP contribution < -0.4 is 0 Å². The van der Waals surface area contributed by atoms with Crippen molar-refractivity contribution in [3.8, 4) is 0 Å². The number of benzene rings is 1. The zero-order chi connectivity index (χ0) is 15.1. The van der Waals surface area contributed by atoms with Crippen molar-refractivity contribution in [2.45, 2.75) is 13.2 Å². The molecule has 0 N–H and O–H groups in total. The Morgan fingerprint density at radius 2 is 1.90 bits per heavy atom. The normalized spacial score (nSPS) is 11.6. The van der Waals surface area contributed by atoms with E-state index in [0.717, 1.165) is 3.57 Å². The molecule has 1 rings (SSSR count). The number of methoxy groups -OCH3 is 1. The maximum Gasteiger partial charge on any atom is 0.338 e. The van der Waals surface area contributed by atoms with Crippen LogP contribution in [0.25, 0.3) is 0 Å². The van der Waals surface area contributed by atoms with Gasteiger partial charge >= 0.3 is 11.9 Å². The molecule has 1 aromatic rings. The highest BCUT2D eigenvalue weighted by molar-refractivity contribution is 14.1. The van der Waals surface area contributed by atoms with E-state index < -0.39 is 18.2 Å². The van der Waals surface area contributed by atoms with Crippen molar-refractivity contribution in [1.82, 2.24) is 0 Å². The molecule has 0 bridgehead atoms. The van der Waals surface area contributed by atoms with Gasteiger partial charge in [-0.05, 0) is 53.8 Å². The molecule has 108 valence electrons. The van der Waals surface area contributed by atoms with Crippen LogP contribution >= 0.6 is 22.6 Å². The second-order valence-corrected chi connectivity index (χ2v) is 5.20. The number of hydrogen-bond donors (Lipinski definition) is 0. The monoisotopic (exact) mass is 390 g/mol. The van der Waals surface area contributed by atoms with Crippen LogP contribution in [0.2, 0.25) is 0 Å². The van der Waals surface area contributed by atoms with Crippen molar-refractivity contribution >= 4 is 34.5 Å². The molecule has 0 aliphatic rings. The summed E-state index contributed by atoms with van der Waals surface area (Å²) in [6, 6.07) is 6.91. The lowest BCUT2D eigenvalue weighted by molar-refractivity contribution is -0.176. The van der Waals surface area contributed by atoms with Crippen LogP contribution in [0.5, 0.6) is 0 Å². The van der Waals surface area contributed by atoms with Gasteiger partial charge in [0.15, 0.2) is 6.61 Å². The molecule has 0 saturated carbocycles. The molecule has 6 heteroatoms. The summed E-state index contributed by atoms with van der Waals surface area (Å²) in [5, 5.41) is 0. The van der Waals surface area contributed by atoms with E-state index in [1.165, 1.54) is 14.0 Å². The van der Waals surface area contributed by atoms with Crippen molar-refractivity contribution < 1.29 is 23.8 Å². The third-order valence-corrected chi connectivity index (χ3v) is 3.00. The molecule has 1 aromatic carbocycles. The standard InChI is InChI=1S/C14H15IO5/c1-9(2)13(16)20-12(18-3)8-19-14(17)10-4-6-11(15)7-5-10/h4-7,12H,1,8H2,2-3H3. The number of esters is 2. The predicted octanol–water partition coefficient (Wildman–Crippen LogP) is 2.54. The largest absolute Gasteiger partial charge is 0.455 e. The maximum atomic E-state index is 11.8. The summed E-state index contributed by atoms with van der Waals surface area (Å²) in [6.45, 7) is 4.80. The quantitative estimate of drug-likeness (QED) is 0.323. The highest BCUT2D eigenvalue weighted by Gasteiger charge is 2.17. The lowest BCUT2D eigenvalue weighted by atomic mass is 10.2. The fourth-order valence-electron chi connectivity index (χ4n) is 1.18. The Morgan fingerprint density at radius 3 is 2.40 bits per heavy atom. The zero-order valence-corrected chi connectivity index (χ0v) is 13.4. The maximum absolute atomic E-state index is 11.8. The molecule has 0 aliphatic carbocycles. The van der Waals surface area contributed by atoms with Crippen molar-refractivity contribution in [2.75, 3.05) is 13.7 Å². The molecule has 0 aliphatic heterocycles. The first-order valence-electron chi connectivity index (χ1n) is 5.76. The third kappa shape index (κ3) is 5.30. The topological polar surface area (TPSA) is 61.8 Å². The van der Waals surface area contributed by atoms with Gasteiger partial charge in [-0.15, -0.1) is 0 Å². The number of carbonyl (C=O) groups excluding carboxylic acids is 2. The minimum absolute atomic E-state index is 0.180. The molecule has 0 fully saturated rings. The summed E-state index contributed by atoms with van der Waals surface area (Å²) in [6.07, 6.45) is -0.952. The van der Waals surface area contributed by atoms with Crippen LogP contribution in [0.3, 0.4) is 0 Å². The van der Waals surface area contributed by atoms with E-state index in [0.29, 0.717) is 5.56 Å². The van der Waals surface area contributed by atoms with Gasteiger partial charge in [0.25, 0.3) is 0 Å². The average molecular weight is 390 g/mol. The van der Waals surface area contributed by atoms with Crippen LogP contribution in [0.15, 0.2) is 36.4 Å². The van der Waals surface area contributed by atoms with Crippen LogP contribution in [0.1, 0.15) is 17.3 Å². The summed E-state index contributed by atoms with van der Waals surface area (Å²) < 4.78 is 15.9.